The summed E-state index contributed by atoms with van der Waals surface area (Å²) in [5.41, 5.74) is 6.85. The van der Waals surface area contributed by atoms with E-state index in [1.54, 1.807) is 47.6 Å². The maximum absolute atomic E-state index is 12.5. The number of hydrogen-bond donors (Lipinski definition) is 4. The summed E-state index contributed by atoms with van der Waals surface area (Å²) < 4.78 is 55.2. The fourth-order valence-electron chi connectivity index (χ4n) is 8.96. The fourth-order valence-corrected chi connectivity index (χ4v) is 8.96. The number of hydrogen-bond acceptors (Lipinski definition) is 15. The summed E-state index contributed by atoms with van der Waals surface area (Å²) in [6.07, 6.45) is -3.51. The molecule has 15 heteroatoms. The molecule has 6 atom stereocenters. The van der Waals surface area contributed by atoms with Gasteiger partial charge in [0.2, 0.25) is 12.6 Å². The lowest BCUT2D eigenvalue weighted by Gasteiger charge is -2.36. The number of esters is 2. The van der Waals surface area contributed by atoms with Crippen LogP contribution in [0, 0.1) is 18.8 Å². The van der Waals surface area contributed by atoms with Crippen molar-refractivity contribution in [1.82, 2.24) is 0 Å². The molecule has 2 heterocycles. The van der Waals surface area contributed by atoms with Crippen LogP contribution < -0.4 is 23.7 Å². The van der Waals surface area contributed by atoms with Gasteiger partial charge in [-0.05, 0) is 90.6 Å². The third kappa shape index (κ3) is 16.6. The number of phenols is 4. The van der Waals surface area contributed by atoms with Crippen LogP contribution in [0.15, 0.2) is 152 Å². The number of rotatable bonds is 19. The van der Waals surface area contributed by atoms with Crippen LogP contribution in [0.25, 0.3) is 0 Å². The van der Waals surface area contributed by atoms with Gasteiger partial charge < -0.3 is 63.1 Å². The lowest BCUT2D eigenvalue weighted by Crippen LogP contribution is -2.37. The van der Waals surface area contributed by atoms with E-state index in [0.29, 0.717) is 48.9 Å². The maximum atomic E-state index is 12.5. The zero-order valence-electron chi connectivity index (χ0n) is 47.4. The molecule has 0 bridgehead atoms. The summed E-state index contributed by atoms with van der Waals surface area (Å²) in [7, 11) is 0. The van der Waals surface area contributed by atoms with Gasteiger partial charge in [0, 0.05) is 37.5 Å². The van der Waals surface area contributed by atoms with Gasteiger partial charge in [0.05, 0.1) is 11.8 Å². The Bertz CT molecular complexity index is 3150. The van der Waals surface area contributed by atoms with E-state index in [1.165, 1.54) is 24.3 Å². The summed E-state index contributed by atoms with van der Waals surface area (Å²) in [6, 6.07) is 46.8. The quantitative estimate of drug-likeness (QED) is 0.0339. The minimum absolute atomic E-state index is 0. The molecule has 9 rings (SSSR count). The Hall–Kier alpha value is -8.40. The third-order valence-electron chi connectivity index (χ3n) is 13.1. The zero-order chi connectivity index (χ0) is 58.2. The molecule has 2 aliphatic heterocycles. The van der Waals surface area contributed by atoms with Crippen molar-refractivity contribution in [3.63, 3.8) is 0 Å². The molecule has 0 spiro atoms. The first-order chi connectivity index (χ1) is 39.0. The van der Waals surface area contributed by atoms with Crippen molar-refractivity contribution < 1.29 is 74.1 Å². The van der Waals surface area contributed by atoms with Crippen molar-refractivity contribution >= 4 is 11.9 Å². The molecular weight excluding hydrogens is 1030 g/mol. The number of carbonyl (C=O) groups excluding carboxylic acids is 2. The van der Waals surface area contributed by atoms with E-state index >= 15 is 0 Å². The fraction of sp³-hybridized carbons (Fsp3) is 0.333. The highest BCUT2D eigenvalue weighted by atomic mass is 16.7. The predicted molar refractivity (Wildman–Crippen MR) is 308 cm³/mol. The predicted octanol–water partition coefficient (Wildman–Crippen LogP) is 13.7. The molecule has 0 radical (unpaired) electrons. The SMILES string of the molecule is CC.CC(OC(=O)C(C)C)O[C@@H]1Cc2c(O)cc(O)cc2O[C@@H]1c1ccc(O)c(O)c1.Cc1cc(OCc2ccccc2)c2c(c1)O[C@H](c1ccc(OCc3ccccc3)c(OCc3ccccc3)c1)[C@H](OC(C)OC(=O)C(C)C)C2.[HH]. The van der Waals surface area contributed by atoms with Gasteiger partial charge in [-0.25, -0.2) is 0 Å². The van der Waals surface area contributed by atoms with Crippen LogP contribution in [-0.2, 0) is 61.2 Å². The molecule has 7 aromatic rings. The van der Waals surface area contributed by atoms with E-state index in [0.717, 1.165) is 44.9 Å². The Kier molecular flexibility index (Phi) is 21.3. The molecular formula is C66H76O15. The average Bonchev–Trinajstić information content (AvgIpc) is 3.45. The number of fused-ring (bicyclic) bond motifs is 2. The van der Waals surface area contributed by atoms with Gasteiger partial charge in [0.25, 0.3) is 0 Å². The maximum Gasteiger partial charge on any atom is 0.310 e. The van der Waals surface area contributed by atoms with Crippen molar-refractivity contribution in [3.8, 4) is 51.7 Å². The average molecular weight is 1110 g/mol. The highest BCUT2D eigenvalue weighted by Crippen LogP contribution is 2.46. The Morgan fingerprint density at radius 1 is 0.494 bits per heavy atom. The van der Waals surface area contributed by atoms with E-state index in [4.69, 9.17) is 42.6 Å². The van der Waals surface area contributed by atoms with Crippen LogP contribution in [-0.4, -0.2) is 57.2 Å². The van der Waals surface area contributed by atoms with Crippen LogP contribution in [0.2, 0.25) is 0 Å². The molecule has 81 heavy (non-hydrogen) atoms. The van der Waals surface area contributed by atoms with Crippen LogP contribution in [0.3, 0.4) is 0 Å². The number of ether oxygens (including phenoxy) is 9. The van der Waals surface area contributed by atoms with Crippen molar-refractivity contribution in [2.75, 3.05) is 0 Å². The minimum atomic E-state index is -0.882. The standard InChI is InChI=1S/C43H44O7.C21H24O8.C2H6.H2/c1-29(2)43(44)49-31(4)48-41-25-36-38(46-27-33-16-10-6-11-17-33)22-30(3)23-39(36)50-42(41)35-20-21-37(45-26-32-14-8-5-9-15-32)40(24-35)47-28-34-18-12-7-13-19-34;1-10(2)21(26)28-11(3)27-19-9-14-16(24)7-13(22)8-18(14)29-20(19)12-4-5-15(23)17(25)6-12;1-2;/h5-24,29,31,41-42H,25-28H2,1-4H3;4-8,10-11,19-20,22-25H,9H2,1-3H3;1-2H3;1H/t31?,41-,42-;11?,19-,20-;;/m11../s1. The monoisotopic (exact) mass is 1110 g/mol. The van der Waals surface area contributed by atoms with Gasteiger partial charge in [-0.1, -0.05) is 145 Å². The second-order valence-electron chi connectivity index (χ2n) is 20.1. The van der Waals surface area contributed by atoms with Gasteiger partial charge in [-0.15, -0.1) is 0 Å². The molecule has 2 aliphatic rings. The Morgan fingerprint density at radius 3 is 1.43 bits per heavy atom. The van der Waals surface area contributed by atoms with Gasteiger partial charge in [0.1, 0.15) is 60.8 Å². The molecule has 2 unspecified atom stereocenters. The van der Waals surface area contributed by atoms with Crippen molar-refractivity contribution in [2.45, 2.75) is 132 Å². The number of aryl methyl sites for hydroxylation is 1. The van der Waals surface area contributed by atoms with Gasteiger partial charge in [0.15, 0.2) is 35.2 Å². The molecule has 4 N–H and O–H groups in total. The summed E-state index contributed by atoms with van der Waals surface area (Å²) in [5, 5.41) is 39.4. The van der Waals surface area contributed by atoms with Crippen LogP contribution >= 0.6 is 0 Å². The van der Waals surface area contributed by atoms with E-state index in [2.05, 4.69) is 0 Å². The van der Waals surface area contributed by atoms with Gasteiger partial charge in [-0.3, -0.25) is 9.59 Å². The molecule has 0 aliphatic carbocycles. The second-order valence-corrected chi connectivity index (χ2v) is 20.1. The number of benzene rings is 7. The first-order valence-corrected chi connectivity index (χ1v) is 27.4. The van der Waals surface area contributed by atoms with Crippen molar-refractivity contribution in [2.24, 2.45) is 11.8 Å². The van der Waals surface area contributed by atoms with Crippen LogP contribution in [0.1, 0.15) is 114 Å². The van der Waals surface area contributed by atoms with Gasteiger partial charge in [-0.2, -0.15) is 0 Å². The molecule has 0 amide bonds. The summed E-state index contributed by atoms with van der Waals surface area (Å²) in [6.45, 7) is 17.5. The van der Waals surface area contributed by atoms with E-state index in [-0.39, 0.29) is 54.4 Å². The smallest absolute Gasteiger partial charge is 0.310 e. The molecule has 15 nitrogen and oxygen atoms in total. The molecule has 7 aromatic carbocycles. The minimum Gasteiger partial charge on any atom is -0.508 e. The summed E-state index contributed by atoms with van der Waals surface area (Å²) >= 11 is 0. The number of phenolic OH excluding ortho intramolecular Hbond substituents is 4. The normalized spacial score (nSPS) is 16.7. The van der Waals surface area contributed by atoms with Crippen LogP contribution in [0.5, 0.6) is 51.7 Å². The Morgan fingerprint density at radius 2 is 0.938 bits per heavy atom. The van der Waals surface area contributed by atoms with Crippen molar-refractivity contribution in [3.05, 3.63) is 196 Å². The zero-order valence-corrected chi connectivity index (χ0v) is 47.4. The lowest BCUT2D eigenvalue weighted by molar-refractivity contribution is -0.199. The number of aromatic hydroxyl groups is 4. The molecule has 0 fully saturated rings. The highest BCUT2D eigenvalue weighted by Gasteiger charge is 2.38. The second kappa shape index (κ2) is 28.7. The van der Waals surface area contributed by atoms with E-state index < -0.39 is 43.0 Å². The largest absolute Gasteiger partial charge is 0.508 e. The summed E-state index contributed by atoms with van der Waals surface area (Å²) in [4.78, 5) is 24.4. The first-order valence-electron chi connectivity index (χ1n) is 27.4. The molecule has 0 saturated heterocycles. The highest BCUT2D eigenvalue weighted by molar-refractivity contribution is 5.72. The molecule has 430 valence electrons. The van der Waals surface area contributed by atoms with E-state index in [1.807, 2.05) is 142 Å². The lowest BCUT2D eigenvalue weighted by atomic mass is 9.93. The summed E-state index contributed by atoms with van der Waals surface area (Å²) in [5.74, 6) is 0.679. The van der Waals surface area contributed by atoms with Crippen molar-refractivity contribution in [1.29, 1.82) is 0 Å². The Labute approximate surface area is 476 Å². The van der Waals surface area contributed by atoms with Crippen LogP contribution in [0.4, 0.5) is 0 Å². The Balaban J connectivity index is 0.000000288. The van der Waals surface area contributed by atoms with E-state index in [9.17, 15) is 30.0 Å². The first kappa shape index (κ1) is 60.2. The topological polar surface area (TPSA) is 198 Å². The number of carbonyl (C=O) groups is 2. The molecule has 0 aromatic heterocycles. The van der Waals surface area contributed by atoms with Gasteiger partial charge >= 0.3 is 11.9 Å². The molecule has 0 saturated carbocycles. The third-order valence-corrected chi connectivity index (χ3v) is 13.1.